The zero-order valence-electron chi connectivity index (χ0n) is 9.37. The molecule has 0 heterocycles. The van der Waals surface area contributed by atoms with Crippen LogP contribution < -0.4 is 11.1 Å². The molecule has 1 unspecified atom stereocenters. The molecule has 4 nitrogen and oxygen atoms in total. The summed E-state index contributed by atoms with van der Waals surface area (Å²) in [6.45, 7) is 3.98. The minimum atomic E-state index is -0.148. The van der Waals surface area contributed by atoms with Crippen LogP contribution in [-0.4, -0.2) is 17.1 Å². The number of oxime groups is 1. The summed E-state index contributed by atoms with van der Waals surface area (Å²) in [6.07, 6.45) is 0.755. The van der Waals surface area contributed by atoms with E-state index in [9.17, 15) is 0 Å². The van der Waals surface area contributed by atoms with Gasteiger partial charge in [-0.2, -0.15) is 0 Å². The van der Waals surface area contributed by atoms with Crippen molar-refractivity contribution < 1.29 is 5.21 Å². The minimum Gasteiger partial charge on any atom is -0.409 e. The molecule has 0 saturated heterocycles. The molecule has 0 fully saturated rings. The van der Waals surface area contributed by atoms with Gasteiger partial charge in [0.25, 0.3) is 0 Å². The van der Waals surface area contributed by atoms with Gasteiger partial charge in [-0.1, -0.05) is 28.0 Å². The molecule has 0 aliphatic rings. The van der Waals surface area contributed by atoms with Crippen LogP contribution in [0.3, 0.4) is 0 Å². The normalized spacial score (nSPS) is 13.6. The molecule has 0 bridgehead atoms. The Labute approximate surface area is 104 Å². The SMILES string of the molecule is CCC(Nc1ccc(Br)cc1C)C(N)=NO. The highest BCUT2D eigenvalue weighted by Gasteiger charge is 2.12. The van der Waals surface area contributed by atoms with E-state index >= 15 is 0 Å². The van der Waals surface area contributed by atoms with Crippen molar-refractivity contribution in [2.75, 3.05) is 5.32 Å². The first-order valence-electron chi connectivity index (χ1n) is 5.08. The molecule has 1 aromatic carbocycles. The summed E-state index contributed by atoms with van der Waals surface area (Å²) in [5.74, 6) is 0.199. The maximum absolute atomic E-state index is 8.64. The maximum atomic E-state index is 8.64. The van der Waals surface area contributed by atoms with E-state index in [1.54, 1.807) is 0 Å². The molecular weight excluding hydrogens is 270 g/mol. The second-order valence-electron chi connectivity index (χ2n) is 3.59. The largest absolute Gasteiger partial charge is 0.409 e. The summed E-state index contributed by atoms with van der Waals surface area (Å²) in [4.78, 5) is 0. The number of nitrogens with two attached hydrogens (primary N) is 1. The molecular formula is C11H16BrN3O. The van der Waals surface area contributed by atoms with E-state index in [0.717, 1.165) is 22.1 Å². The molecule has 4 N–H and O–H groups in total. The van der Waals surface area contributed by atoms with Crippen LogP contribution in [-0.2, 0) is 0 Å². The summed E-state index contributed by atoms with van der Waals surface area (Å²) in [6, 6.07) is 5.78. The van der Waals surface area contributed by atoms with Gasteiger partial charge in [0.2, 0.25) is 0 Å². The fourth-order valence-electron chi connectivity index (χ4n) is 1.43. The molecule has 5 heteroatoms. The van der Waals surface area contributed by atoms with Gasteiger partial charge < -0.3 is 16.3 Å². The molecule has 88 valence electrons. The number of nitrogens with zero attached hydrogens (tertiary/aromatic N) is 1. The summed E-state index contributed by atoms with van der Waals surface area (Å²) in [5, 5.41) is 14.9. The smallest absolute Gasteiger partial charge is 0.161 e. The van der Waals surface area contributed by atoms with E-state index in [4.69, 9.17) is 10.9 Å². The van der Waals surface area contributed by atoms with Crippen LogP contribution in [0.15, 0.2) is 27.8 Å². The van der Waals surface area contributed by atoms with Gasteiger partial charge in [-0.15, -0.1) is 0 Å². The third-order valence-electron chi connectivity index (χ3n) is 2.40. The Hall–Kier alpha value is -1.23. The molecule has 1 aromatic rings. The number of aryl methyl sites for hydroxylation is 1. The maximum Gasteiger partial charge on any atom is 0.161 e. The number of nitrogens with one attached hydrogen (secondary N) is 1. The average molecular weight is 286 g/mol. The molecule has 1 rings (SSSR count). The molecule has 0 saturated carbocycles. The molecule has 0 aliphatic heterocycles. The van der Waals surface area contributed by atoms with Crippen LogP contribution in [0.2, 0.25) is 0 Å². The minimum absolute atomic E-state index is 0.148. The zero-order chi connectivity index (χ0) is 12.1. The fraction of sp³-hybridized carbons (Fsp3) is 0.364. The Bertz CT molecular complexity index is 393. The Kier molecular flexibility index (Phi) is 4.61. The van der Waals surface area contributed by atoms with Crippen LogP contribution in [0.25, 0.3) is 0 Å². The molecule has 16 heavy (non-hydrogen) atoms. The highest BCUT2D eigenvalue weighted by Crippen LogP contribution is 2.21. The van der Waals surface area contributed by atoms with Gasteiger partial charge in [-0.25, -0.2) is 0 Å². The second kappa shape index (κ2) is 5.75. The molecule has 0 aromatic heterocycles. The Morgan fingerprint density at radius 2 is 2.31 bits per heavy atom. The first kappa shape index (κ1) is 12.8. The van der Waals surface area contributed by atoms with E-state index in [0.29, 0.717) is 0 Å². The summed E-state index contributed by atoms with van der Waals surface area (Å²) >= 11 is 3.41. The number of halogens is 1. The van der Waals surface area contributed by atoms with Gasteiger partial charge >= 0.3 is 0 Å². The van der Waals surface area contributed by atoms with Crippen molar-refractivity contribution in [3.8, 4) is 0 Å². The average Bonchev–Trinajstić information content (AvgIpc) is 2.27. The number of anilines is 1. The van der Waals surface area contributed by atoms with E-state index in [-0.39, 0.29) is 11.9 Å². The van der Waals surface area contributed by atoms with E-state index in [2.05, 4.69) is 26.4 Å². The van der Waals surface area contributed by atoms with E-state index in [1.165, 1.54) is 0 Å². The van der Waals surface area contributed by atoms with Crippen molar-refractivity contribution in [1.82, 2.24) is 0 Å². The third-order valence-corrected chi connectivity index (χ3v) is 2.89. The standard InChI is InChI=1S/C11H16BrN3O/c1-3-9(11(13)15-16)14-10-5-4-8(12)6-7(10)2/h4-6,9,14,16H,3H2,1-2H3,(H2,13,15). The van der Waals surface area contributed by atoms with Crippen molar-refractivity contribution in [2.24, 2.45) is 10.9 Å². The fourth-order valence-corrected chi connectivity index (χ4v) is 1.91. The Balaban J connectivity index is 2.86. The molecule has 0 radical (unpaired) electrons. The molecule has 0 spiro atoms. The predicted molar refractivity (Wildman–Crippen MR) is 70.0 cm³/mol. The first-order valence-corrected chi connectivity index (χ1v) is 5.88. The lowest BCUT2D eigenvalue weighted by Gasteiger charge is -2.18. The third kappa shape index (κ3) is 3.13. The van der Waals surface area contributed by atoms with Gasteiger partial charge in [0.1, 0.15) is 0 Å². The first-order chi connectivity index (χ1) is 7.58. The van der Waals surface area contributed by atoms with Gasteiger partial charge in [0, 0.05) is 10.2 Å². The van der Waals surface area contributed by atoms with Crippen molar-refractivity contribution >= 4 is 27.5 Å². The lowest BCUT2D eigenvalue weighted by Crippen LogP contribution is -2.35. The molecule has 1 atom stereocenters. The monoisotopic (exact) mass is 285 g/mol. The van der Waals surface area contributed by atoms with Gasteiger partial charge in [-0.05, 0) is 37.1 Å². The molecule has 0 aliphatic carbocycles. The van der Waals surface area contributed by atoms with Crippen molar-refractivity contribution in [3.63, 3.8) is 0 Å². The number of hydrogen-bond donors (Lipinski definition) is 3. The lowest BCUT2D eigenvalue weighted by atomic mass is 10.1. The van der Waals surface area contributed by atoms with Crippen molar-refractivity contribution in [2.45, 2.75) is 26.3 Å². The summed E-state index contributed by atoms with van der Waals surface area (Å²) < 4.78 is 1.03. The topological polar surface area (TPSA) is 70.6 Å². The van der Waals surface area contributed by atoms with E-state index < -0.39 is 0 Å². The summed E-state index contributed by atoms with van der Waals surface area (Å²) in [7, 11) is 0. The van der Waals surface area contributed by atoms with Crippen LogP contribution in [0, 0.1) is 6.92 Å². The molecule has 0 amide bonds. The van der Waals surface area contributed by atoms with Crippen LogP contribution >= 0.6 is 15.9 Å². The predicted octanol–water partition coefficient (Wildman–Crippen LogP) is 2.69. The Morgan fingerprint density at radius 1 is 1.62 bits per heavy atom. The van der Waals surface area contributed by atoms with Crippen molar-refractivity contribution in [1.29, 1.82) is 0 Å². The summed E-state index contributed by atoms with van der Waals surface area (Å²) in [5.41, 5.74) is 7.68. The number of amidine groups is 1. The highest BCUT2D eigenvalue weighted by atomic mass is 79.9. The van der Waals surface area contributed by atoms with Gasteiger partial charge in [0.05, 0.1) is 6.04 Å². The van der Waals surface area contributed by atoms with Crippen LogP contribution in [0.5, 0.6) is 0 Å². The van der Waals surface area contributed by atoms with E-state index in [1.807, 2.05) is 32.0 Å². The Morgan fingerprint density at radius 3 is 2.81 bits per heavy atom. The zero-order valence-corrected chi connectivity index (χ0v) is 11.0. The number of benzene rings is 1. The van der Waals surface area contributed by atoms with Crippen LogP contribution in [0.1, 0.15) is 18.9 Å². The van der Waals surface area contributed by atoms with Gasteiger partial charge in [0.15, 0.2) is 5.84 Å². The number of rotatable bonds is 4. The van der Waals surface area contributed by atoms with Crippen LogP contribution in [0.4, 0.5) is 5.69 Å². The second-order valence-corrected chi connectivity index (χ2v) is 4.50. The number of hydrogen-bond acceptors (Lipinski definition) is 3. The highest BCUT2D eigenvalue weighted by molar-refractivity contribution is 9.10. The van der Waals surface area contributed by atoms with Gasteiger partial charge in [-0.3, -0.25) is 0 Å². The van der Waals surface area contributed by atoms with Crippen molar-refractivity contribution in [3.05, 3.63) is 28.2 Å². The lowest BCUT2D eigenvalue weighted by molar-refractivity contribution is 0.316. The quantitative estimate of drug-likeness (QED) is 0.345.